The Morgan fingerprint density at radius 3 is 1.31 bits per heavy atom. The van der Waals surface area contributed by atoms with Gasteiger partial charge in [-0.2, -0.15) is 0 Å². The van der Waals surface area contributed by atoms with Crippen LogP contribution in [0.25, 0.3) is 0 Å². The zero-order valence-corrected chi connectivity index (χ0v) is 24.4. The van der Waals surface area contributed by atoms with Crippen molar-refractivity contribution in [3.05, 3.63) is 0 Å². The van der Waals surface area contributed by atoms with Crippen molar-refractivity contribution >= 4 is 45.3 Å². The Hall–Kier alpha value is -1.42. The molecular formula is C26H48N2O6S2. The highest BCUT2D eigenvalue weighted by atomic mass is 33.1. The fourth-order valence-corrected chi connectivity index (χ4v) is 5.73. The number of carbonyl (C=O) groups excluding carboxylic acids is 4. The van der Waals surface area contributed by atoms with Gasteiger partial charge in [-0.1, -0.05) is 86.8 Å². The third kappa shape index (κ3) is 18.8. The van der Waals surface area contributed by atoms with Crippen LogP contribution < -0.4 is 10.6 Å². The van der Waals surface area contributed by atoms with Crippen LogP contribution in [0.4, 0.5) is 0 Å². The molecule has 2 atom stereocenters. The highest BCUT2D eigenvalue weighted by Crippen LogP contribution is 2.24. The van der Waals surface area contributed by atoms with Crippen molar-refractivity contribution < 1.29 is 28.7 Å². The third-order valence-electron chi connectivity index (χ3n) is 5.72. The first-order valence-electron chi connectivity index (χ1n) is 13.4. The summed E-state index contributed by atoms with van der Waals surface area (Å²) in [5, 5.41) is 5.59. The van der Waals surface area contributed by atoms with Crippen LogP contribution in [0, 0.1) is 0 Å². The third-order valence-corrected chi connectivity index (χ3v) is 8.19. The summed E-state index contributed by atoms with van der Waals surface area (Å²) in [5.74, 6) is 0.136. The summed E-state index contributed by atoms with van der Waals surface area (Å²) in [4.78, 5) is 48.5. The highest BCUT2D eigenvalue weighted by Gasteiger charge is 2.22. The van der Waals surface area contributed by atoms with Gasteiger partial charge < -0.3 is 20.1 Å². The normalized spacial score (nSPS) is 12.4. The molecule has 0 aliphatic heterocycles. The molecule has 0 aromatic rings. The number of hydrogen-bond acceptors (Lipinski definition) is 8. The average Bonchev–Trinajstić information content (AvgIpc) is 2.87. The Morgan fingerprint density at radius 2 is 0.972 bits per heavy atom. The van der Waals surface area contributed by atoms with Crippen LogP contribution in [-0.2, 0) is 28.7 Å². The number of nitrogens with one attached hydrogen (secondary N) is 2. The van der Waals surface area contributed by atoms with Gasteiger partial charge in [0.25, 0.3) is 0 Å². The summed E-state index contributed by atoms with van der Waals surface area (Å²) >= 11 is 0. The first-order chi connectivity index (χ1) is 17.4. The zero-order valence-electron chi connectivity index (χ0n) is 22.7. The Kier molecular flexibility index (Phi) is 23.0. The molecule has 0 radical (unpaired) electrons. The van der Waals surface area contributed by atoms with Crippen molar-refractivity contribution in [1.29, 1.82) is 0 Å². The Morgan fingerprint density at radius 1 is 0.611 bits per heavy atom. The first-order valence-corrected chi connectivity index (χ1v) is 15.9. The maximum absolute atomic E-state index is 12.2. The Bertz CT molecular complexity index is 569. The summed E-state index contributed by atoms with van der Waals surface area (Å²) in [6, 6.07) is -1.32. The van der Waals surface area contributed by atoms with Crippen LogP contribution in [-0.4, -0.2) is 61.6 Å². The molecule has 2 amide bonds. The van der Waals surface area contributed by atoms with E-state index in [1.807, 2.05) is 0 Å². The lowest BCUT2D eigenvalue weighted by molar-refractivity contribution is -0.145. The van der Waals surface area contributed by atoms with Gasteiger partial charge in [0.1, 0.15) is 12.1 Å². The molecule has 0 aliphatic carbocycles. The molecule has 0 fully saturated rings. The fraction of sp³-hybridized carbons (Fsp3) is 0.846. The second kappa shape index (κ2) is 23.9. The molecule has 10 heteroatoms. The minimum Gasteiger partial charge on any atom is -0.467 e. The number of rotatable bonds is 23. The van der Waals surface area contributed by atoms with Gasteiger partial charge in [-0.15, -0.1) is 0 Å². The van der Waals surface area contributed by atoms with Crippen molar-refractivity contribution in [2.45, 2.75) is 116 Å². The topological polar surface area (TPSA) is 111 Å². The molecule has 0 aliphatic rings. The molecule has 0 bridgehead atoms. The lowest BCUT2D eigenvalue weighted by Gasteiger charge is -2.17. The predicted octanol–water partition coefficient (Wildman–Crippen LogP) is 5.18. The van der Waals surface area contributed by atoms with E-state index < -0.39 is 24.0 Å². The molecule has 0 heterocycles. The largest absolute Gasteiger partial charge is 0.467 e. The first kappa shape index (κ1) is 34.6. The monoisotopic (exact) mass is 548 g/mol. The van der Waals surface area contributed by atoms with Crippen LogP contribution >= 0.6 is 21.6 Å². The van der Waals surface area contributed by atoms with E-state index in [2.05, 4.69) is 24.5 Å². The number of hydrogen-bond donors (Lipinski definition) is 2. The lowest BCUT2D eigenvalue weighted by Crippen LogP contribution is -2.42. The Balaban J connectivity index is 4.29. The van der Waals surface area contributed by atoms with Gasteiger partial charge in [-0.05, 0) is 25.7 Å². The van der Waals surface area contributed by atoms with Crippen LogP contribution in [0.15, 0.2) is 0 Å². The van der Waals surface area contributed by atoms with Crippen LogP contribution in [0.3, 0.4) is 0 Å². The average molecular weight is 549 g/mol. The molecule has 2 N–H and O–H groups in total. The summed E-state index contributed by atoms with van der Waals surface area (Å²) < 4.78 is 9.68. The number of ether oxygens (including phenoxy) is 2. The summed E-state index contributed by atoms with van der Waals surface area (Å²) in [7, 11) is 5.76. The highest BCUT2D eigenvalue weighted by molar-refractivity contribution is 8.76. The van der Waals surface area contributed by atoms with Crippen LogP contribution in [0.5, 0.6) is 0 Å². The van der Waals surface area contributed by atoms with Gasteiger partial charge in [0.15, 0.2) is 0 Å². The predicted molar refractivity (Wildman–Crippen MR) is 149 cm³/mol. The molecule has 8 nitrogen and oxygen atoms in total. The summed E-state index contributed by atoms with van der Waals surface area (Å²) in [6.45, 7) is 4.30. The summed E-state index contributed by atoms with van der Waals surface area (Å²) in [5.41, 5.74) is 0. The second-order valence-electron chi connectivity index (χ2n) is 8.84. The molecule has 0 aromatic carbocycles. The van der Waals surface area contributed by atoms with Crippen molar-refractivity contribution in [3.8, 4) is 0 Å². The number of methoxy groups -OCH3 is 2. The number of amides is 2. The number of unbranched alkanes of at least 4 members (excludes halogenated alkanes) is 8. The van der Waals surface area contributed by atoms with E-state index in [0.717, 1.165) is 51.4 Å². The van der Waals surface area contributed by atoms with Gasteiger partial charge in [0.2, 0.25) is 11.8 Å². The molecule has 0 saturated heterocycles. The minimum absolute atomic E-state index is 0.124. The number of carbonyl (C=O) groups is 4. The smallest absolute Gasteiger partial charge is 0.328 e. The molecule has 0 unspecified atom stereocenters. The maximum atomic E-state index is 12.2. The maximum Gasteiger partial charge on any atom is 0.328 e. The standard InChI is InChI=1S/C26H48N2O6S2/c1-5-7-9-11-13-15-23(29)27-21(25(31)33-3)17-19-35-36-20-18-22(26(32)34-4)28-24(30)16-14-12-10-8-6-2/h21-22H,5-20H2,1-4H3,(H,27,29)(H,28,30)/t21-,22-/m0/s1. The van der Waals surface area contributed by atoms with E-state index in [9.17, 15) is 19.2 Å². The van der Waals surface area contributed by atoms with Crippen molar-refractivity contribution in [2.75, 3.05) is 25.7 Å². The van der Waals surface area contributed by atoms with E-state index in [1.54, 1.807) is 21.6 Å². The van der Waals surface area contributed by atoms with E-state index >= 15 is 0 Å². The van der Waals surface area contributed by atoms with Crippen molar-refractivity contribution in [3.63, 3.8) is 0 Å². The molecule has 210 valence electrons. The molecule has 0 saturated carbocycles. The fourth-order valence-electron chi connectivity index (χ4n) is 3.54. The molecule has 0 spiro atoms. The lowest BCUT2D eigenvalue weighted by atomic mass is 10.1. The summed E-state index contributed by atoms with van der Waals surface area (Å²) in [6.07, 6.45) is 12.3. The van der Waals surface area contributed by atoms with E-state index in [1.165, 1.54) is 27.1 Å². The molecule has 36 heavy (non-hydrogen) atoms. The molecular weight excluding hydrogens is 500 g/mol. The van der Waals surface area contributed by atoms with E-state index in [0.29, 0.717) is 37.2 Å². The second-order valence-corrected chi connectivity index (χ2v) is 11.5. The number of esters is 2. The zero-order chi connectivity index (χ0) is 27.0. The molecule has 0 aromatic heterocycles. The van der Waals surface area contributed by atoms with Gasteiger partial charge in [0.05, 0.1) is 14.2 Å². The van der Waals surface area contributed by atoms with Crippen molar-refractivity contribution in [1.82, 2.24) is 10.6 Å². The minimum atomic E-state index is -0.661. The van der Waals surface area contributed by atoms with Gasteiger partial charge in [-0.25, -0.2) is 9.59 Å². The van der Waals surface area contributed by atoms with Crippen LogP contribution in [0.1, 0.15) is 104 Å². The van der Waals surface area contributed by atoms with Gasteiger partial charge in [0, 0.05) is 24.3 Å². The Labute approximate surface area is 225 Å². The molecule has 0 rings (SSSR count). The van der Waals surface area contributed by atoms with E-state index in [4.69, 9.17) is 9.47 Å². The van der Waals surface area contributed by atoms with Crippen molar-refractivity contribution in [2.24, 2.45) is 0 Å². The van der Waals surface area contributed by atoms with Gasteiger partial charge >= 0.3 is 11.9 Å². The van der Waals surface area contributed by atoms with Crippen LogP contribution in [0.2, 0.25) is 0 Å². The SMILES string of the molecule is CCCCCCCC(=O)N[C@@H](CCSSCC[C@H](NC(=O)CCCCCCC)C(=O)OC)C(=O)OC. The quantitative estimate of drug-likeness (QED) is 0.102. The van der Waals surface area contributed by atoms with Gasteiger partial charge in [-0.3, -0.25) is 9.59 Å². The van der Waals surface area contributed by atoms with E-state index in [-0.39, 0.29) is 11.8 Å².